The number of carbonyl (C=O) groups excluding carboxylic acids is 3. The molecule has 1 atom stereocenters. The maximum atomic E-state index is 13.1. The number of rotatable bonds is 10. The third kappa shape index (κ3) is 8.25. The lowest BCUT2D eigenvalue weighted by Crippen LogP contribution is -2.50. The second-order valence-electron chi connectivity index (χ2n) is 10.6. The van der Waals surface area contributed by atoms with E-state index in [0.29, 0.717) is 13.1 Å². The van der Waals surface area contributed by atoms with Crippen LogP contribution < -0.4 is 4.90 Å². The Hall–Kier alpha value is -5.05. The van der Waals surface area contributed by atoms with Crippen LogP contribution in [-0.4, -0.2) is 60.8 Å². The van der Waals surface area contributed by atoms with Gasteiger partial charge in [-0.05, 0) is 29.3 Å². The standard InChI is InChI=1S/C34H34N4O5/c1-37-18-8-13-28-15-17-30(36-32(28)37)16-14-27-21-38(22-27)31(39)19-29(33(40)42-23-25-9-4-2-5-10-25)20-35-34(41)43-24-26-11-6-3-7-12-26/h2-17,20,27,29H,18-19,21-24H2,1H3/b16-14+,35-20+. The average Bonchev–Trinajstić information content (AvgIpc) is 3.01. The lowest BCUT2D eigenvalue weighted by atomic mass is 9.97. The number of carbonyl (C=O) groups is 3. The van der Waals surface area contributed by atoms with Crippen LogP contribution in [-0.2, 0) is 32.3 Å². The van der Waals surface area contributed by atoms with Crippen molar-refractivity contribution in [2.24, 2.45) is 16.8 Å². The largest absolute Gasteiger partial charge is 0.460 e. The summed E-state index contributed by atoms with van der Waals surface area (Å²) < 4.78 is 10.6. The van der Waals surface area contributed by atoms with Crippen LogP contribution in [0.2, 0.25) is 0 Å². The zero-order valence-corrected chi connectivity index (χ0v) is 24.0. The molecular weight excluding hydrogens is 544 g/mol. The molecule has 0 radical (unpaired) electrons. The van der Waals surface area contributed by atoms with Crippen LogP contribution in [0, 0.1) is 11.8 Å². The van der Waals surface area contributed by atoms with Gasteiger partial charge in [0.25, 0.3) is 0 Å². The number of benzene rings is 2. The molecule has 1 aromatic heterocycles. The van der Waals surface area contributed by atoms with Crippen LogP contribution in [0.5, 0.6) is 0 Å². The second-order valence-corrected chi connectivity index (χ2v) is 10.6. The molecule has 1 unspecified atom stereocenters. The summed E-state index contributed by atoms with van der Waals surface area (Å²) in [5.41, 5.74) is 3.58. The van der Waals surface area contributed by atoms with Crippen LogP contribution in [0.15, 0.2) is 89.9 Å². The maximum Gasteiger partial charge on any atom is 0.433 e. The first-order valence-electron chi connectivity index (χ1n) is 14.2. The van der Waals surface area contributed by atoms with Crippen molar-refractivity contribution < 1.29 is 23.9 Å². The van der Waals surface area contributed by atoms with Gasteiger partial charge < -0.3 is 19.3 Å². The molecular formula is C34H34N4O5. The summed E-state index contributed by atoms with van der Waals surface area (Å²) in [5.74, 6) is -0.737. The lowest BCUT2D eigenvalue weighted by Gasteiger charge is -2.38. The summed E-state index contributed by atoms with van der Waals surface area (Å²) in [6.45, 7) is 2.00. The van der Waals surface area contributed by atoms with E-state index in [1.807, 2.05) is 79.9 Å². The number of aromatic nitrogens is 1. The number of nitrogens with zero attached hydrogens (tertiary/aromatic N) is 4. The number of amides is 2. The Balaban J connectivity index is 1.16. The van der Waals surface area contributed by atoms with Gasteiger partial charge in [0.2, 0.25) is 5.91 Å². The van der Waals surface area contributed by atoms with Gasteiger partial charge in [0.1, 0.15) is 24.9 Å². The van der Waals surface area contributed by atoms with Crippen molar-refractivity contribution in [3.63, 3.8) is 0 Å². The van der Waals surface area contributed by atoms with Crippen LogP contribution in [0.1, 0.15) is 28.8 Å². The second kappa shape index (κ2) is 14.2. The Morgan fingerprint density at radius 3 is 2.33 bits per heavy atom. The quantitative estimate of drug-likeness (QED) is 0.242. The van der Waals surface area contributed by atoms with Crippen molar-refractivity contribution >= 4 is 42.2 Å². The molecule has 0 N–H and O–H groups in total. The van der Waals surface area contributed by atoms with Gasteiger partial charge in [0.05, 0.1) is 5.69 Å². The predicted molar refractivity (Wildman–Crippen MR) is 165 cm³/mol. The number of hydrogen-bond donors (Lipinski definition) is 0. The Kier molecular flexibility index (Phi) is 9.74. The lowest BCUT2D eigenvalue weighted by molar-refractivity contribution is -0.150. The Bertz CT molecular complexity index is 1510. The number of aliphatic imine (C=N–C) groups is 1. The highest BCUT2D eigenvalue weighted by Gasteiger charge is 2.32. The van der Waals surface area contributed by atoms with Crippen molar-refractivity contribution in [2.45, 2.75) is 19.6 Å². The summed E-state index contributed by atoms with van der Waals surface area (Å²) >= 11 is 0. The Morgan fingerprint density at radius 1 is 0.953 bits per heavy atom. The van der Waals surface area contributed by atoms with Gasteiger partial charge in [-0.25, -0.2) is 9.78 Å². The first-order valence-corrected chi connectivity index (χ1v) is 14.2. The molecule has 3 heterocycles. The minimum Gasteiger partial charge on any atom is -0.460 e. The molecule has 9 nitrogen and oxygen atoms in total. The van der Waals surface area contributed by atoms with Crippen LogP contribution >= 0.6 is 0 Å². The van der Waals surface area contributed by atoms with Gasteiger partial charge in [-0.15, -0.1) is 0 Å². The van der Waals surface area contributed by atoms with Gasteiger partial charge in [-0.1, -0.05) is 78.9 Å². The summed E-state index contributed by atoms with van der Waals surface area (Å²) in [6.07, 6.45) is 8.38. The summed E-state index contributed by atoms with van der Waals surface area (Å²) in [6, 6.07) is 22.5. The molecule has 2 aliphatic heterocycles. The molecule has 2 aromatic carbocycles. The van der Waals surface area contributed by atoms with Gasteiger partial charge in [-0.2, -0.15) is 4.99 Å². The molecule has 43 heavy (non-hydrogen) atoms. The van der Waals surface area contributed by atoms with Gasteiger partial charge >= 0.3 is 12.1 Å². The summed E-state index contributed by atoms with van der Waals surface area (Å²) in [7, 11) is 2.02. The van der Waals surface area contributed by atoms with E-state index in [1.165, 1.54) is 0 Å². The number of ether oxygens (including phenoxy) is 2. The molecule has 0 spiro atoms. The molecule has 2 amide bonds. The van der Waals surface area contributed by atoms with Gasteiger partial charge in [0, 0.05) is 50.8 Å². The number of likely N-dealkylation sites (tertiary alicyclic amines) is 1. The van der Waals surface area contributed by atoms with Crippen molar-refractivity contribution in [1.82, 2.24) is 9.88 Å². The average molecular weight is 579 g/mol. The fourth-order valence-corrected chi connectivity index (χ4v) is 4.76. The SMILES string of the molecule is CN1CC=Cc2ccc(/C=C/C3CN(C(=O)CC(/C=N/C(=O)OCc4ccccc4)C(=O)OCc4ccccc4)C3)nc21. The highest BCUT2D eigenvalue weighted by molar-refractivity contribution is 5.97. The molecule has 5 rings (SSSR count). The van der Waals surface area contributed by atoms with Crippen molar-refractivity contribution in [2.75, 3.05) is 31.6 Å². The Morgan fingerprint density at radius 2 is 1.63 bits per heavy atom. The molecule has 1 fully saturated rings. The van der Waals surface area contributed by atoms with Gasteiger partial charge in [-0.3, -0.25) is 9.59 Å². The van der Waals surface area contributed by atoms with E-state index in [9.17, 15) is 14.4 Å². The molecule has 0 aliphatic carbocycles. The highest BCUT2D eigenvalue weighted by Crippen LogP contribution is 2.25. The molecule has 0 saturated carbocycles. The summed E-state index contributed by atoms with van der Waals surface area (Å²) in [5, 5.41) is 0. The number of likely N-dealkylation sites (N-methyl/N-ethyl adjacent to an activating group) is 1. The third-order valence-corrected chi connectivity index (χ3v) is 7.25. The van der Waals surface area contributed by atoms with Crippen LogP contribution in [0.3, 0.4) is 0 Å². The van der Waals surface area contributed by atoms with Gasteiger partial charge in [0.15, 0.2) is 0 Å². The van der Waals surface area contributed by atoms with Crippen molar-refractivity contribution in [1.29, 1.82) is 0 Å². The number of esters is 1. The van der Waals surface area contributed by atoms with Crippen LogP contribution in [0.4, 0.5) is 10.6 Å². The van der Waals surface area contributed by atoms with E-state index >= 15 is 0 Å². The van der Waals surface area contributed by atoms with Crippen molar-refractivity contribution in [3.8, 4) is 0 Å². The molecule has 1 saturated heterocycles. The summed E-state index contributed by atoms with van der Waals surface area (Å²) in [4.78, 5) is 50.6. The fourth-order valence-electron chi connectivity index (χ4n) is 4.76. The highest BCUT2D eigenvalue weighted by atomic mass is 16.5. The topological polar surface area (TPSA) is 101 Å². The van der Waals surface area contributed by atoms with E-state index in [2.05, 4.69) is 34.2 Å². The van der Waals surface area contributed by atoms with E-state index in [-0.39, 0.29) is 31.5 Å². The van der Waals surface area contributed by atoms with E-state index in [1.54, 1.807) is 4.90 Å². The predicted octanol–water partition coefficient (Wildman–Crippen LogP) is 5.17. The molecule has 9 heteroatoms. The molecule has 3 aromatic rings. The van der Waals surface area contributed by atoms with Crippen LogP contribution in [0.25, 0.3) is 12.2 Å². The maximum absolute atomic E-state index is 13.1. The first kappa shape index (κ1) is 29.4. The molecule has 0 bridgehead atoms. The Labute approximate surface area is 251 Å². The smallest absolute Gasteiger partial charge is 0.433 e. The number of anilines is 1. The normalized spacial score (nSPS) is 15.3. The number of fused-ring (bicyclic) bond motifs is 1. The van der Waals surface area contributed by atoms with E-state index in [0.717, 1.165) is 41.0 Å². The monoisotopic (exact) mass is 578 g/mol. The molecule has 220 valence electrons. The molecule has 2 aliphatic rings. The number of pyridine rings is 1. The van der Waals surface area contributed by atoms with Crippen molar-refractivity contribution in [3.05, 3.63) is 107 Å². The number of hydrogen-bond acceptors (Lipinski definition) is 7. The zero-order valence-electron chi connectivity index (χ0n) is 24.0. The third-order valence-electron chi connectivity index (χ3n) is 7.25. The minimum atomic E-state index is -1.03. The fraction of sp³-hybridized carbons (Fsp3) is 0.265. The van der Waals surface area contributed by atoms with E-state index in [4.69, 9.17) is 14.5 Å². The zero-order chi connectivity index (χ0) is 30.0. The minimum absolute atomic E-state index is 0.0516. The van der Waals surface area contributed by atoms with E-state index < -0.39 is 18.0 Å². The first-order chi connectivity index (χ1) is 20.9.